The Morgan fingerprint density at radius 1 is 1.23 bits per heavy atom. The normalized spacial score (nSPS) is 10.3. The molecule has 0 radical (unpaired) electrons. The molecule has 0 saturated carbocycles. The van der Waals surface area contributed by atoms with Crippen molar-refractivity contribution in [1.29, 1.82) is 5.26 Å². The first-order valence-corrected chi connectivity index (χ1v) is 9.66. The van der Waals surface area contributed by atoms with E-state index in [1.165, 1.54) is 12.3 Å². The fourth-order valence-corrected chi connectivity index (χ4v) is 3.03. The van der Waals surface area contributed by atoms with Crippen LogP contribution in [0.15, 0.2) is 47.1 Å². The van der Waals surface area contributed by atoms with Gasteiger partial charge in [0.2, 0.25) is 0 Å². The number of fused-ring (bicyclic) bond motifs is 1. The lowest BCUT2D eigenvalue weighted by Crippen LogP contribution is -2.13. The zero-order valence-corrected chi connectivity index (χ0v) is 17.8. The molecule has 0 fully saturated rings. The van der Waals surface area contributed by atoms with E-state index in [1.807, 2.05) is 19.0 Å². The van der Waals surface area contributed by atoms with E-state index in [0.29, 0.717) is 44.5 Å². The molecule has 2 aromatic carbocycles. The van der Waals surface area contributed by atoms with Crippen LogP contribution in [0.4, 0.5) is 21.5 Å². The van der Waals surface area contributed by atoms with Crippen LogP contribution in [-0.2, 0) is 4.79 Å². The van der Waals surface area contributed by atoms with Gasteiger partial charge >= 0.3 is 0 Å². The number of amides is 1. The molecule has 0 aliphatic rings. The van der Waals surface area contributed by atoms with Gasteiger partial charge in [-0.15, -0.1) is 0 Å². The van der Waals surface area contributed by atoms with Crippen LogP contribution in [0.2, 0.25) is 0 Å². The number of nitriles is 1. The van der Waals surface area contributed by atoms with E-state index in [0.717, 1.165) is 0 Å². The fraction of sp³-hybridized carbons (Fsp3) is 0.136. The number of hydrogen-bond acceptors (Lipinski definition) is 5. The lowest BCUT2D eigenvalue weighted by molar-refractivity contribution is -0.111. The van der Waals surface area contributed by atoms with Crippen LogP contribution in [0.25, 0.3) is 10.9 Å². The Bertz CT molecular complexity index is 1220. The third-order valence-electron chi connectivity index (χ3n) is 4.03. The Morgan fingerprint density at radius 2 is 2.00 bits per heavy atom. The molecule has 3 aromatic rings. The zero-order valence-electron chi connectivity index (χ0n) is 16.3. The Balaban J connectivity index is 1.97. The second kappa shape index (κ2) is 9.36. The molecule has 150 valence electrons. The Hall–Kier alpha value is -3.46. The van der Waals surface area contributed by atoms with Crippen LogP contribution < -0.4 is 10.6 Å². The Kier molecular flexibility index (Phi) is 6.63. The maximum Gasteiger partial charge on any atom is 0.300 e. The summed E-state index contributed by atoms with van der Waals surface area (Å²) in [7, 11) is 3.73. The van der Waals surface area contributed by atoms with Crippen molar-refractivity contribution in [3.8, 4) is 17.9 Å². The van der Waals surface area contributed by atoms with Crippen LogP contribution in [0.5, 0.6) is 0 Å². The SMILES string of the molecule is CN(C)CC#CC(=O)Nc1ccc2ncc(C#N)c(Nc3ccc(F)c(Br)c3)c2c1. The standard InChI is InChI=1S/C22H17BrFN5O/c1-29(2)9-3-4-21(30)27-15-6-8-20-17(10-15)22(14(12-25)13-26-20)28-16-5-7-19(24)18(23)11-16/h5-8,10-11,13H,9H2,1-2H3,(H,26,28)(H,27,30). The highest BCUT2D eigenvalue weighted by Gasteiger charge is 2.12. The number of anilines is 3. The van der Waals surface area contributed by atoms with Crippen LogP contribution in [-0.4, -0.2) is 36.4 Å². The summed E-state index contributed by atoms with van der Waals surface area (Å²) in [6, 6.07) is 11.7. The topological polar surface area (TPSA) is 81.1 Å². The lowest BCUT2D eigenvalue weighted by atomic mass is 10.1. The van der Waals surface area contributed by atoms with Gasteiger partial charge in [0.25, 0.3) is 5.91 Å². The number of halogens is 2. The smallest absolute Gasteiger partial charge is 0.300 e. The van der Waals surface area contributed by atoms with Gasteiger partial charge in [-0.1, -0.05) is 5.92 Å². The Labute approximate surface area is 181 Å². The number of carbonyl (C=O) groups excluding carboxylic acids is 1. The first kappa shape index (κ1) is 21.3. The van der Waals surface area contributed by atoms with Crippen molar-refractivity contribution >= 4 is 49.8 Å². The summed E-state index contributed by atoms with van der Waals surface area (Å²) in [6.45, 7) is 0.474. The van der Waals surface area contributed by atoms with Gasteiger partial charge in [0.1, 0.15) is 11.9 Å². The van der Waals surface area contributed by atoms with Crippen molar-refractivity contribution in [3.63, 3.8) is 0 Å². The maximum absolute atomic E-state index is 13.6. The minimum Gasteiger partial charge on any atom is -0.354 e. The van der Waals surface area contributed by atoms with Gasteiger partial charge in [-0.3, -0.25) is 14.7 Å². The summed E-state index contributed by atoms with van der Waals surface area (Å²) in [4.78, 5) is 18.2. The van der Waals surface area contributed by atoms with Gasteiger partial charge in [0.05, 0.1) is 27.8 Å². The first-order chi connectivity index (χ1) is 14.4. The lowest BCUT2D eigenvalue weighted by Gasteiger charge is -2.13. The van der Waals surface area contributed by atoms with Crippen molar-refractivity contribution in [2.45, 2.75) is 0 Å². The summed E-state index contributed by atoms with van der Waals surface area (Å²) in [5, 5.41) is 16.0. The number of nitrogens with zero attached hydrogens (tertiary/aromatic N) is 3. The molecule has 0 unspecified atom stereocenters. The summed E-state index contributed by atoms with van der Waals surface area (Å²) in [6.07, 6.45) is 1.47. The van der Waals surface area contributed by atoms with Gasteiger partial charge in [-0.2, -0.15) is 5.26 Å². The van der Waals surface area contributed by atoms with Crippen molar-refractivity contribution in [2.24, 2.45) is 0 Å². The average molecular weight is 466 g/mol. The van der Waals surface area contributed by atoms with Crippen LogP contribution in [0.1, 0.15) is 5.56 Å². The zero-order chi connectivity index (χ0) is 21.7. The van der Waals surface area contributed by atoms with Crippen molar-refractivity contribution in [1.82, 2.24) is 9.88 Å². The number of carbonyl (C=O) groups is 1. The van der Waals surface area contributed by atoms with E-state index in [2.05, 4.69) is 49.5 Å². The highest BCUT2D eigenvalue weighted by molar-refractivity contribution is 9.10. The van der Waals surface area contributed by atoms with Crippen molar-refractivity contribution in [3.05, 3.63) is 58.4 Å². The van der Waals surface area contributed by atoms with Gasteiger partial charge < -0.3 is 10.6 Å². The largest absolute Gasteiger partial charge is 0.354 e. The highest BCUT2D eigenvalue weighted by atomic mass is 79.9. The summed E-state index contributed by atoms with van der Waals surface area (Å²) in [5.41, 5.74) is 2.57. The third-order valence-corrected chi connectivity index (χ3v) is 4.64. The van der Waals surface area contributed by atoms with E-state index < -0.39 is 5.91 Å². The molecule has 0 saturated heterocycles. The molecule has 1 aromatic heterocycles. The Morgan fingerprint density at radius 3 is 2.70 bits per heavy atom. The molecule has 2 N–H and O–H groups in total. The quantitative estimate of drug-likeness (QED) is 0.562. The second-order valence-corrected chi connectivity index (χ2v) is 7.49. The molecule has 1 amide bonds. The molecule has 30 heavy (non-hydrogen) atoms. The monoisotopic (exact) mass is 465 g/mol. The van der Waals surface area contributed by atoms with Gasteiger partial charge in [0, 0.05) is 23.0 Å². The molecular formula is C22H17BrFN5O. The number of nitrogens with one attached hydrogen (secondary N) is 2. The minimum atomic E-state index is -0.433. The van der Waals surface area contributed by atoms with Gasteiger partial charge in [-0.05, 0) is 72.3 Å². The number of hydrogen-bond donors (Lipinski definition) is 2. The second-order valence-electron chi connectivity index (χ2n) is 6.64. The van der Waals surface area contributed by atoms with Gasteiger partial charge in [0.15, 0.2) is 0 Å². The summed E-state index contributed by atoms with van der Waals surface area (Å²) in [5.74, 6) is 4.49. The van der Waals surface area contributed by atoms with E-state index in [4.69, 9.17) is 0 Å². The average Bonchev–Trinajstić information content (AvgIpc) is 2.70. The van der Waals surface area contributed by atoms with E-state index in [-0.39, 0.29) is 5.82 Å². The molecule has 1 heterocycles. The molecule has 0 aliphatic heterocycles. The molecule has 8 heteroatoms. The minimum absolute atomic E-state index is 0.300. The predicted molar refractivity (Wildman–Crippen MR) is 119 cm³/mol. The summed E-state index contributed by atoms with van der Waals surface area (Å²) >= 11 is 3.16. The summed E-state index contributed by atoms with van der Waals surface area (Å²) < 4.78 is 13.9. The first-order valence-electron chi connectivity index (χ1n) is 8.87. The van der Waals surface area contributed by atoms with E-state index in [9.17, 15) is 14.4 Å². The van der Waals surface area contributed by atoms with Crippen LogP contribution >= 0.6 is 15.9 Å². The predicted octanol–water partition coefficient (Wildman–Crippen LogP) is 4.26. The van der Waals surface area contributed by atoms with E-state index >= 15 is 0 Å². The number of aromatic nitrogens is 1. The molecule has 0 atom stereocenters. The van der Waals surface area contributed by atoms with Gasteiger partial charge in [-0.25, -0.2) is 4.39 Å². The van der Waals surface area contributed by atoms with Crippen molar-refractivity contribution < 1.29 is 9.18 Å². The third kappa shape index (κ3) is 5.12. The molecular weight excluding hydrogens is 449 g/mol. The van der Waals surface area contributed by atoms with Crippen LogP contribution in [0.3, 0.4) is 0 Å². The number of rotatable bonds is 4. The highest BCUT2D eigenvalue weighted by Crippen LogP contribution is 2.32. The molecule has 0 aliphatic carbocycles. The fourth-order valence-electron chi connectivity index (χ4n) is 2.65. The maximum atomic E-state index is 13.6. The van der Waals surface area contributed by atoms with Crippen LogP contribution in [0, 0.1) is 29.0 Å². The van der Waals surface area contributed by atoms with E-state index in [1.54, 1.807) is 30.3 Å². The number of pyridine rings is 1. The van der Waals surface area contributed by atoms with Crippen molar-refractivity contribution in [2.75, 3.05) is 31.3 Å². The molecule has 0 bridgehead atoms. The molecule has 6 nitrogen and oxygen atoms in total. The molecule has 3 rings (SSSR count). The molecule has 0 spiro atoms. The number of benzene rings is 2.